The predicted molar refractivity (Wildman–Crippen MR) is 115 cm³/mol. The summed E-state index contributed by atoms with van der Waals surface area (Å²) >= 11 is 3.19. The molecular formula is C20H20N4O2S2. The summed E-state index contributed by atoms with van der Waals surface area (Å²) < 4.78 is 0. The minimum absolute atomic E-state index is 0.0301. The molecule has 8 heteroatoms. The summed E-state index contributed by atoms with van der Waals surface area (Å²) in [6.45, 7) is 2.14. The van der Waals surface area contributed by atoms with Gasteiger partial charge in [0.2, 0.25) is 5.91 Å². The lowest BCUT2D eigenvalue weighted by Gasteiger charge is -2.03. The number of fused-ring (bicyclic) bond motifs is 1. The number of thiophene rings is 1. The van der Waals surface area contributed by atoms with Crippen molar-refractivity contribution in [3.05, 3.63) is 56.6 Å². The van der Waals surface area contributed by atoms with E-state index in [2.05, 4.69) is 39.3 Å². The fourth-order valence-electron chi connectivity index (χ4n) is 3.02. The van der Waals surface area contributed by atoms with Gasteiger partial charge in [-0.15, -0.1) is 22.7 Å². The van der Waals surface area contributed by atoms with Crippen LogP contribution in [0.25, 0.3) is 21.6 Å². The Morgan fingerprint density at radius 2 is 2.04 bits per heavy atom. The fourth-order valence-corrected chi connectivity index (χ4v) is 4.73. The first kappa shape index (κ1) is 18.6. The molecule has 3 N–H and O–H groups in total. The number of nitrogens with one attached hydrogen (secondary N) is 3. The zero-order chi connectivity index (χ0) is 19.5. The Balaban J connectivity index is 1.30. The molecule has 6 nitrogen and oxygen atoms in total. The monoisotopic (exact) mass is 412 g/mol. The second-order valence-electron chi connectivity index (χ2n) is 6.52. The van der Waals surface area contributed by atoms with Gasteiger partial charge < -0.3 is 15.3 Å². The van der Waals surface area contributed by atoms with Gasteiger partial charge in [-0.1, -0.05) is 13.0 Å². The molecule has 0 radical (unpaired) electrons. The van der Waals surface area contributed by atoms with Gasteiger partial charge in [-0.2, -0.15) is 0 Å². The van der Waals surface area contributed by atoms with Crippen molar-refractivity contribution in [3.8, 4) is 10.6 Å². The number of hydrogen-bond acceptors (Lipinski definition) is 5. The number of H-pyrrole nitrogens is 2. The average Bonchev–Trinajstić information content (AvgIpc) is 3.39. The van der Waals surface area contributed by atoms with Crippen LogP contribution in [-0.4, -0.2) is 20.9 Å². The number of hydrogen-bond donors (Lipinski definition) is 3. The van der Waals surface area contributed by atoms with Crippen molar-refractivity contribution in [1.29, 1.82) is 0 Å². The van der Waals surface area contributed by atoms with Crippen LogP contribution < -0.4 is 11.0 Å². The lowest BCUT2D eigenvalue weighted by Crippen LogP contribution is -2.11. The third kappa shape index (κ3) is 4.23. The quantitative estimate of drug-likeness (QED) is 0.415. The summed E-state index contributed by atoms with van der Waals surface area (Å²) in [5.74, 6) is -0.0301. The van der Waals surface area contributed by atoms with Gasteiger partial charge in [0.1, 0.15) is 0 Å². The van der Waals surface area contributed by atoms with Crippen LogP contribution in [0.2, 0.25) is 0 Å². The highest BCUT2D eigenvalue weighted by atomic mass is 32.1. The van der Waals surface area contributed by atoms with E-state index in [4.69, 9.17) is 0 Å². The molecule has 0 saturated heterocycles. The number of rotatable bonds is 7. The van der Waals surface area contributed by atoms with Gasteiger partial charge in [0.15, 0.2) is 5.13 Å². The molecule has 4 aromatic rings. The van der Waals surface area contributed by atoms with Gasteiger partial charge >= 0.3 is 5.69 Å². The minimum Gasteiger partial charge on any atom is -0.306 e. The Hall–Kier alpha value is -2.71. The van der Waals surface area contributed by atoms with Crippen molar-refractivity contribution in [1.82, 2.24) is 15.0 Å². The summed E-state index contributed by atoms with van der Waals surface area (Å²) in [6, 6.07) is 10.0. The molecule has 0 unspecified atom stereocenters. The smallest absolute Gasteiger partial charge is 0.306 e. The first-order valence-electron chi connectivity index (χ1n) is 9.16. The van der Waals surface area contributed by atoms with E-state index < -0.39 is 0 Å². The number of anilines is 1. The number of amides is 1. The number of nitrogens with zero attached hydrogens (tertiary/aromatic N) is 1. The molecule has 3 aromatic heterocycles. The van der Waals surface area contributed by atoms with Gasteiger partial charge in [-0.05, 0) is 49.1 Å². The van der Waals surface area contributed by atoms with E-state index in [1.165, 1.54) is 16.2 Å². The van der Waals surface area contributed by atoms with Gasteiger partial charge in [0.25, 0.3) is 0 Å². The first-order chi connectivity index (χ1) is 13.6. The van der Waals surface area contributed by atoms with Crippen molar-refractivity contribution >= 4 is 44.7 Å². The molecule has 0 atom stereocenters. The molecule has 28 heavy (non-hydrogen) atoms. The van der Waals surface area contributed by atoms with Gasteiger partial charge in [-0.25, -0.2) is 9.78 Å². The minimum atomic E-state index is -0.206. The molecule has 4 rings (SSSR count). The first-order valence-corrected chi connectivity index (χ1v) is 10.9. The second-order valence-corrected chi connectivity index (χ2v) is 8.54. The molecule has 0 bridgehead atoms. The Morgan fingerprint density at radius 3 is 2.86 bits per heavy atom. The van der Waals surface area contributed by atoms with Crippen LogP contribution in [0.1, 0.15) is 30.2 Å². The molecule has 0 aliphatic heterocycles. The Morgan fingerprint density at radius 1 is 1.18 bits per heavy atom. The van der Waals surface area contributed by atoms with Gasteiger partial charge in [-0.3, -0.25) is 4.79 Å². The summed E-state index contributed by atoms with van der Waals surface area (Å²) in [5, 5.41) is 5.51. The summed E-state index contributed by atoms with van der Waals surface area (Å²) in [7, 11) is 0. The number of benzene rings is 1. The van der Waals surface area contributed by atoms with Crippen molar-refractivity contribution in [2.24, 2.45) is 0 Å². The zero-order valence-corrected chi connectivity index (χ0v) is 17.0. The highest BCUT2D eigenvalue weighted by Crippen LogP contribution is 2.31. The van der Waals surface area contributed by atoms with Crippen LogP contribution in [0.15, 0.2) is 40.5 Å². The van der Waals surface area contributed by atoms with E-state index in [9.17, 15) is 9.59 Å². The van der Waals surface area contributed by atoms with E-state index in [-0.39, 0.29) is 11.6 Å². The van der Waals surface area contributed by atoms with E-state index in [1.54, 1.807) is 11.3 Å². The molecule has 0 aliphatic carbocycles. The molecule has 3 heterocycles. The Bertz CT molecular complexity index is 1170. The maximum absolute atomic E-state index is 12.2. The number of carbonyl (C=O) groups excluding carboxylic acids is 1. The number of aryl methyl sites for hydroxylation is 2. The van der Waals surface area contributed by atoms with Crippen molar-refractivity contribution in [2.75, 3.05) is 5.32 Å². The molecule has 1 amide bonds. The highest BCUT2D eigenvalue weighted by molar-refractivity contribution is 7.17. The molecule has 144 valence electrons. The van der Waals surface area contributed by atoms with E-state index in [0.717, 1.165) is 46.4 Å². The number of aromatic nitrogens is 3. The Labute approximate surface area is 169 Å². The molecule has 0 saturated carbocycles. The van der Waals surface area contributed by atoms with Crippen LogP contribution in [0.5, 0.6) is 0 Å². The normalized spacial score (nSPS) is 11.2. The van der Waals surface area contributed by atoms with Crippen molar-refractivity contribution < 1.29 is 4.79 Å². The predicted octanol–water partition coefficient (Wildman–Crippen LogP) is 4.57. The highest BCUT2D eigenvalue weighted by Gasteiger charge is 2.10. The van der Waals surface area contributed by atoms with E-state index in [0.29, 0.717) is 11.6 Å². The SMILES string of the molecule is CCc1ccc(-c2csc(NC(=O)CCCc3ccc4[nH]c(=O)[nH]c4c3)n2)s1. The third-order valence-electron chi connectivity index (χ3n) is 4.46. The topological polar surface area (TPSA) is 90.6 Å². The molecular weight excluding hydrogens is 392 g/mol. The molecule has 0 fully saturated rings. The van der Waals surface area contributed by atoms with Crippen molar-refractivity contribution in [2.45, 2.75) is 32.6 Å². The zero-order valence-electron chi connectivity index (χ0n) is 15.4. The van der Waals surface area contributed by atoms with Gasteiger partial charge in [0, 0.05) is 16.7 Å². The summed E-state index contributed by atoms with van der Waals surface area (Å²) in [6.07, 6.45) is 2.95. The second kappa shape index (κ2) is 8.12. The number of aromatic amines is 2. The summed E-state index contributed by atoms with van der Waals surface area (Å²) in [4.78, 5) is 36.0. The average molecular weight is 413 g/mol. The number of imidazole rings is 1. The van der Waals surface area contributed by atoms with E-state index in [1.807, 2.05) is 23.6 Å². The lowest BCUT2D eigenvalue weighted by atomic mass is 10.1. The number of carbonyl (C=O) groups is 1. The maximum atomic E-state index is 12.2. The van der Waals surface area contributed by atoms with Gasteiger partial charge in [0.05, 0.1) is 21.6 Å². The molecule has 0 spiro atoms. The molecule has 0 aliphatic rings. The van der Waals surface area contributed by atoms with E-state index >= 15 is 0 Å². The largest absolute Gasteiger partial charge is 0.323 e. The molecule has 1 aromatic carbocycles. The van der Waals surface area contributed by atoms with Crippen molar-refractivity contribution in [3.63, 3.8) is 0 Å². The van der Waals surface area contributed by atoms with Crippen LogP contribution in [-0.2, 0) is 17.6 Å². The fraction of sp³-hybridized carbons (Fsp3) is 0.250. The standard InChI is InChI=1S/C20H20N4O2S2/c1-2-13-7-9-17(28-13)16-11-27-20(23-16)24-18(25)5-3-4-12-6-8-14-15(10-12)22-19(26)21-14/h6-11H,2-5H2,1H3,(H2,21,22,26)(H,23,24,25). The third-order valence-corrected chi connectivity index (χ3v) is 6.47. The number of thiazole rings is 1. The van der Waals surface area contributed by atoms with Crippen LogP contribution in [0.3, 0.4) is 0 Å². The summed E-state index contributed by atoms with van der Waals surface area (Å²) in [5.41, 5.74) is 3.39. The van der Waals surface area contributed by atoms with Crippen LogP contribution in [0, 0.1) is 0 Å². The Kier molecular flexibility index (Phi) is 5.40. The van der Waals surface area contributed by atoms with Crippen LogP contribution >= 0.6 is 22.7 Å². The van der Waals surface area contributed by atoms with Crippen LogP contribution in [0.4, 0.5) is 5.13 Å². The maximum Gasteiger partial charge on any atom is 0.323 e. The lowest BCUT2D eigenvalue weighted by molar-refractivity contribution is -0.116.